The molecule has 5 nitrogen and oxygen atoms in total. The zero-order chi connectivity index (χ0) is 12.1. The zero-order valence-corrected chi connectivity index (χ0v) is 10.5. The van der Waals surface area contributed by atoms with E-state index in [-0.39, 0.29) is 18.5 Å². The van der Waals surface area contributed by atoms with Crippen LogP contribution in [0.3, 0.4) is 0 Å². The minimum atomic E-state index is -0.843. The molecule has 1 unspecified atom stereocenters. The number of aliphatic carboxylic acids is 1. The molecule has 0 aromatic heterocycles. The molecule has 1 rings (SSSR count). The summed E-state index contributed by atoms with van der Waals surface area (Å²) < 4.78 is 0. The number of carbonyl (C=O) groups is 2. The second kappa shape index (κ2) is 5.98. The molecule has 1 saturated heterocycles. The van der Waals surface area contributed by atoms with E-state index in [1.54, 1.807) is 28.6 Å². The number of carbonyl (C=O) groups excluding carboxylic acids is 1. The molecule has 1 fully saturated rings. The minimum absolute atomic E-state index is 0.0380. The quantitative estimate of drug-likeness (QED) is 0.805. The fraction of sp³-hybridized carbons (Fsp3) is 0.800. The van der Waals surface area contributed by atoms with E-state index in [1.807, 2.05) is 6.92 Å². The van der Waals surface area contributed by atoms with Crippen LogP contribution in [0.4, 0.5) is 4.79 Å². The monoisotopic (exact) mass is 246 g/mol. The first kappa shape index (κ1) is 13.2. The van der Waals surface area contributed by atoms with Gasteiger partial charge in [-0.15, -0.1) is 0 Å². The van der Waals surface area contributed by atoms with E-state index in [0.29, 0.717) is 13.1 Å². The summed E-state index contributed by atoms with van der Waals surface area (Å²) in [5.74, 6) is 0.763. The lowest BCUT2D eigenvalue weighted by atomic mass is 10.2. The smallest absolute Gasteiger partial charge is 0.320 e. The third kappa shape index (κ3) is 3.30. The van der Waals surface area contributed by atoms with Crippen molar-refractivity contribution in [2.24, 2.45) is 0 Å². The number of hydrogen-bond acceptors (Lipinski definition) is 3. The SMILES string of the molecule is CCN(C)C(=O)N1CCSCC1CC(=O)O. The largest absolute Gasteiger partial charge is 0.481 e. The van der Waals surface area contributed by atoms with Gasteiger partial charge in [0.1, 0.15) is 0 Å². The lowest BCUT2D eigenvalue weighted by molar-refractivity contribution is -0.138. The van der Waals surface area contributed by atoms with Crippen LogP contribution in [0, 0.1) is 0 Å². The highest BCUT2D eigenvalue weighted by Gasteiger charge is 2.30. The summed E-state index contributed by atoms with van der Waals surface area (Å²) >= 11 is 1.71. The van der Waals surface area contributed by atoms with E-state index in [0.717, 1.165) is 11.5 Å². The average Bonchev–Trinajstić information content (AvgIpc) is 2.27. The molecule has 2 amide bonds. The first-order valence-electron chi connectivity index (χ1n) is 5.37. The van der Waals surface area contributed by atoms with Gasteiger partial charge in [0.05, 0.1) is 12.5 Å². The molecule has 1 atom stereocenters. The minimum Gasteiger partial charge on any atom is -0.481 e. The van der Waals surface area contributed by atoms with Gasteiger partial charge in [0, 0.05) is 31.6 Å². The molecule has 0 bridgehead atoms. The van der Waals surface area contributed by atoms with Crippen LogP contribution in [0.2, 0.25) is 0 Å². The maximum Gasteiger partial charge on any atom is 0.320 e. The van der Waals surface area contributed by atoms with Gasteiger partial charge < -0.3 is 14.9 Å². The van der Waals surface area contributed by atoms with Crippen LogP contribution in [-0.4, -0.2) is 64.6 Å². The van der Waals surface area contributed by atoms with Crippen LogP contribution < -0.4 is 0 Å². The highest BCUT2D eigenvalue weighted by atomic mass is 32.2. The van der Waals surface area contributed by atoms with Crippen LogP contribution in [0.15, 0.2) is 0 Å². The van der Waals surface area contributed by atoms with Crippen molar-refractivity contribution in [2.45, 2.75) is 19.4 Å². The third-order valence-corrected chi connectivity index (χ3v) is 3.78. The molecule has 1 N–H and O–H groups in total. The Morgan fingerprint density at radius 3 is 2.81 bits per heavy atom. The number of carboxylic acid groups (broad SMARTS) is 1. The van der Waals surface area contributed by atoms with Crippen molar-refractivity contribution in [1.29, 1.82) is 0 Å². The maximum atomic E-state index is 12.0. The van der Waals surface area contributed by atoms with Gasteiger partial charge in [0.15, 0.2) is 0 Å². The molecule has 1 aliphatic heterocycles. The van der Waals surface area contributed by atoms with E-state index in [1.165, 1.54) is 0 Å². The maximum absolute atomic E-state index is 12.0. The van der Waals surface area contributed by atoms with Gasteiger partial charge in [-0.05, 0) is 6.92 Å². The predicted octanol–water partition coefficient (Wildman–Crippen LogP) is 0.950. The first-order chi connectivity index (χ1) is 7.56. The lowest BCUT2D eigenvalue weighted by Crippen LogP contribution is -2.51. The van der Waals surface area contributed by atoms with Crippen molar-refractivity contribution < 1.29 is 14.7 Å². The second-order valence-corrected chi connectivity index (χ2v) is 4.97. The molecule has 92 valence electrons. The Morgan fingerprint density at radius 2 is 2.25 bits per heavy atom. The van der Waals surface area contributed by atoms with Crippen molar-refractivity contribution in [2.75, 3.05) is 31.6 Å². The molecule has 0 spiro atoms. The average molecular weight is 246 g/mol. The standard InChI is InChI=1S/C10H18N2O3S/c1-3-11(2)10(15)12-4-5-16-7-8(12)6-9(13)14/h8H,3-7H2,1-2H3,(H,13,14). The Kier molecular flexibility index (Phi) is 4.92. The summed E-state index contributed by atoms with van der Waals surface area (Å²) in [4.78, 5) is 26.0. The molecule has 0 aromatic carbocycles. The predicted molar refractivity (Wildman–Crippen MR) is 63.8 cm³/mol. The van der Waals surface area contributed by atoms with Crippen molar-refractivity contribution in [3.8, 4) is 0 Å². The number of thioether (sulfide) groups is 1. The summed E-state index contributed by atoms with van der Waals surface area (Å²) in [6.07, 6.45) is 0.0380. The Morgan fingerprint density at radius 1 is 1.56 bits per heavy atom. The summed E-state index contributed by atoms with van der Waals surface area (Å²) in [6.45, 7) is 3.19. The molecule has 1 heterocycles. The van der Waals surface area contributed by atoms with Crippen molar-refractivity contribution >= 4 is 23.8 Å². The van der Waals surface area contributed by atoms with E-state index < -0.39 is 5.97 Å². The molecule has 0 aliphatic carbocycles. The van der Waals surface area contributed by atoms with Gasteiger partial charge in [-0.3, -0.25) is 4.79 Å². The summed E-state index contributed by atoms with van der Waals surface area (Å²) in [5, 5.41) is 8.80. The Labute approximate surface area is 99.8 Å². The molecular weight excluding hydrogens is 228 g/mol. The number of urea groups is 1. The fourth-order valence-electron chi connectivity index (χ4n) is 1.63. The molecule has 0 saturated carbocycles. The number of nitrogens with zero attached hydrogens (tertiary/aromatic N) is 2. The van der Waals surface area contributed by atoms with Crippen LogP contribution in [0.1, 0.15) is 13.3 Å². The number of carboxylic acids is 1. The second-order valence-electron chi connectivity index (χ2n) is 3.82. The van der Waals surface area contributed by atoms with E-state index in [9.17, 15) is 9.59 Å². The topological polar surface area (TPSA) is 60.9 Å². The molecular formula is C10H18N2O3S. The number of rotatable bonds is 3. The van der Waals surface area contributed by atoms with Gasteiger partial charge in [-0.2, -0.15) is 11.8 Å². The number of hydrogen-bond donors (Lipinski definition) is 1. The van der Waals surface area contributed by atoms with E-state index in [2.05, 4.69) is 0 Å². The van der Waals surface area contributed by atoms with E-state index >= 15 is 0 Å². The summed E-state index contributed by atoms with van der Waals surface area (Å²) in [6, 6.07) is -0.230. The van der Waals surface area contributed by atoms with Crippen LogP contribution in [0.25, 0.3) is 0 Å². The Bertz CT molecular complexity index is 273. The van der Waals surface area contributed by atoms with Crippen LogP contribution in [-0.2, 0) is 4.79 Å². The molecule has 0 aromatic rings. The molecule has 0 radical (unpaired) electrons. The first-order valence-corrected chi connectivity index (χ1v) is 6.53. The lowest BCUT2D eigenvalue weighted by Gasteiger charge is -2.36. The Balaban J connectivity index is 2.65. The highest BCUT2D eigenvalue weighted by molar-refractivity contribution is 7.99. The third-order valence-electron chi connectivity index (χ3n) is 2.68. The highest BCUT2D eigenvalue weighted by Crippen LogP contribution is 2.20. The van der Waals surface area contributed by atoms with Gasteiger partial charge >= 0.3 is 12.0 Å². The molecule has 16 heavy (non-hydrogen) atoms. The fourth-order valence-corrected chi connectivity index (χ4v) is 2.69. The summed E-state index contributed by atoms with van der Waals surface area (Å²) in [7, 11) is 1.74. The zero-order valence-electron chi connectivity index (χ0n) is 9.68. The van der Waals surface area contributed by atoms with Crippen LogP contribution >= 0.6 is 11.8 Å². The number of amides is 2. The van der Waals surface area contributed by atoms with Gasteiger partial charge in [-0.1, -0.05) is 0 Å². The summed E-state index contributed by atoms with van der Waals surface area (Å²) in [5.41, 5.74) is 0. The molecule has 6 heteroatoms. The van der Waals surface area contributed by atoms with Crippen molar-refractivity contribution in [3.05, 3.63) is 0 Å². The molecule has 1 aliphatic rings. The van der Waals surface area contributed by atoms with Gasteiger partial charge in [-0.25, -0.2) is 4.79 Å². The van der Waals surface area contributed by atoms with Crippen molar-refractivity contribution in [1.82, 2.24) is 9.80 Å². The Hall–Kier alpha value is -0.910. The van der Waals surface area contributed by atoms with Crippen LogP contribution in [0.5, 0.6) is 0 Å². The van der Waals surface area contributed by atoms with Gasteiger partial charge in [0.25, 0.3) is 0 Å². The normalized spacial score (nSPS) is 20.6. The van der Waals surface area contributed by atoms with Gasteiger partial charge in [0.2, 0.25) is 0 Å². The van der Waals surface area contributed by atoms with E-state index in [4.69, 9.17) is 5.11 Å². The van der Waals surface area contributed by atoms with Crippen molar-refractivity contribution in [3.63, 3.8) is 0 Å².